The molecule has 0 bridgehead atoms. The molecule has 0 aliphatic carbocycles. The first-order valence-electron chi connectivity index (χ1n) is 6.87. The molecule has 1 aliphatic heterocycles. The van der Waals surface area contributed by atoms with Crippen LogP contribution in [0.1, 0.15) is 49.5 Å². The highest BCUT2D eigenvalue weighted by atomic mass is 16.5. The van der Waals surface area contributed by atoms with Crippen LogP contribution in [0.15, 0.2) is 18.2 Å². The SMILES string of the molecule is COc1ccc2c(c1)C(=O)NC(CC(C)(C)C)CC2. The summed E-state index contributed by atoms with van der Waals surface area (Å²) >= 11 is 0. The van der Waals surface area contributed by atoms with Gasteiger partial charge in [-0.25, -0.2) is 0 Å². The highest BCUT2D eigenvalue weighted by Gasteiger charge is 2.25. The summed E-state index contributed by atoms with van der Waals surface area (Å²) in [5, 5.41) is 3.15. The molecule has 1 aliphatic rings. The molecule has 1 aromatic carbocycles. The molecule has 1 unspecified atom stereocenters. The van der Waals surface area contributed by atoms with Crippen LogP contribution in [-0.4, -0.2) is 19.1 Å². The lowest BCUT2D eigenvalue weighted by molar-refractivity contribution is 0.0929. The van der Waals surface area contributed by atoms with Crippen LogP contribution in [0.2, 0.25) is 0 Å². The maximum Gasteiger partial charge on any atom is 0.251 e. The van der Waals surface area contributed by atoms with Crippen molar-refractivity contribution in [3.05, 3.63) is 29.3 Å². The average molecular weight is 261 g/mol. The molecule has 3 nitrogen and oxygen atoms in total. The Morgan fingerprint density at radius 2 is 2.11 bits per heavy atom. The summed E-state index contributed by atoms with van der Waals surface area (Å²) in [5.41, 5.74) is 2.11. The number of ether oxygens (including phenoxy) is 1. The van der Waals surface area contributed by atoms with E-state index in [1.54, 1.807) is 7.11 Å². The quantitative estimate of drug-likeness (QED) is 0.888. The highest BCUT2D eigenvalue weighted by molar-refractivity contribution is 5.96. The third-order valence-electron chi connectivity index (χ3n) is 3.52. The van der Waals surface area contributed by atoms with Crippen molar-refractivity contribution in [1.29, 1.82) is 0 Å². The van der Waals surface area contributed by atoms with Gasteiger partial charge in [-0.3, -0.25) is 4.79 Å². The maximum atomic E-state index is 12.3. The van der Waals surface area contributed by atoms with Crippen molar-refractivity contribution in [2.45, 2.75) is 46.1 Å². The van der Waals surface area contributed by atoms with Gasteiger partial charge in [0.2, 0.25) is 0 Å². The van der Waals surface area contributed by atoms with Crippen LogP contribution in [0, 0.1) is 5.41 Å². The van der Waals surface area contributed by atoms with Crippen LogP contribution in [0.3, 0.4) is 0 Å². The molecule has 2 rings (SSSR count). The van der Waals surface area contributed by atoms with Crippen LogP contribution in [0.25, 0.3) is 0 Å². The van der Waals surface area contributed by atoms with Gasteiger partial charge < -0.3 is 10.1 Å². The smallest absolute Gasteiger partial charge is 0.251 e. The fourth-order valence-corrected chi connectivity index (χ4v) is 2.67. The molecule has 0 saturated carbocycles. The number of carbonyl (C=O) groups is 1. The normalized spacial score (nSPS) is 19.4. The van der Waals surface area contributed by atoms with E-state index in [4.69, 9.17) is 4.74 Å². The minimum Gasteiger partial charge on any atom is -0.497 e. The summed E-state index contributed by atoms with van der Waals surface area (Å²) in [6.07, 6.45) is 2.95. The van der Waals surface area contributed by atoms with Gasteiger partial charge in [-0.2, -0.15) is 0 Å². The predicted molar refractivity (Wildman–Crippen MR) is 76.6 cm³/mol. The van der Waals surface area contributed by atoms with Gasteiger partial charge in [0.15, 0.2) is 0 Å². The Labute approximate surface area is 115 Å². The van der Waals surface area contributed by atoms with Crippen molar-refractivity contribution in [1.82, 2.24) is 5.32 Å². The van der Waals surface area contributed by atoms with Crippen molar-refractivity contribution in [3.8, 4) is 5.75 Å². The van der Waals surface area contributed by atoms with Gasteiger partial charge in [0.05, 0.1) is 7.11 Å². The number of aryl methyl sites for hydroxylation is 1. The monoisotopic (exact) mass is 261 g/mol. The zero-order valence-corrected chi connectivity index (χ0v) is 12.2. The van der Waals surface area contributed by atoms with Crippen LogP contribution in [-0.2, 0) is 6.42 Å². The standard InChI is InChI=1S/C16H23NO2/c1-16(2,3)10-12-7-5-11-6-8-13(19-4)9-14(11)15(18)17-12/h6,8-9,12H,5,7,10H2,1-4H3,(H,17,18). The lowest BCUT2D eigenvalue weighted by Crippen LogP contribution is -2.36. The van der Waals surface area contributed by atoms with Crippen molar-refractivity contribution < 1.29 is 9.53 Å². The van der Waals surface area contributed by atoms with Crippen LogP contribution in [0.5, 0.6) is 5.75 Å². The van der Waals surface area contributed by atoms with Crippen molar-refractivity contribution >= 4 is 5.91 Å². The third-order valence-corrected chi connectivity index (χ3v) is 3.52. The van der Waals surface area contributed by atoms with Gasteiger partial charge >= 0.3 is 0 Å². The fourth-order valence-electron chi connectivity index (χ4n) is 2.67. The molecule has 19 heavy (non-hydrogen) atoms. The molecule has 3 heteroatoms. The zero-order valence-electron chi connectivity index (χ0n) is 12.2. The van der Waals surface area contributed by atoms with Crippen LogP contribution < -0.4 is 10.1 Å². The molecule has 1 amide bonds. The number of rotatable bonds is 2. The first-order valence-corrected chi connectivity index (χ1v) is 6.87. The zero-order chi connectivity index (χ0) is 14.0. The summed E-state index contributed by atoms with van der Waals surface area (Å²) < 4.78 is 5.20. The van der Waals surface area contributed by atoms with Gasteiger partial charge in [-0.1, -0.05) is 26.8 Å². The molecule has 0 saturated heterocycles. The second-order valence-corrected chi connectivity index (χ2v) is 6.50. The number of hydrogen-bond acceptors (Lipinski definition) is 2. The molecule has 0 radical (unpaired) electrons. The molecule has 1 N–H and O–H groups in total. The number of hydrogen-bond donors (Lipinski definition) is 1. The van der Waals surface area contributed by atoms with E-state index >= 15 is 0 Å². The Morgan fingerprint density at radius 3 is 2.74 bits per heavy atom. The van der Waals surface area contributed by atoms with Gasteiger partial charge in [-0.15, -0.1) is 0 Å². The first-order chi connectivity index (χ1) is 8.89. The lowest BCUT2D eigenvalue weighted by Gasteiger charge is -2.25. The summed E-state index contributed by atoms with van der Waals surface area (Å²) in [6.45, 7) is 6.63. The van der Waals surface area contributed by atoms with Crippen molar-refractivity contribution in [3.63, 3.8) is 0 Å². The number of amides is 1. The van der Waals surface area contributed by atoms with Crippen LogP contribution in [0.4, 0.5) is 0 Å². The predicted octanol–water partition coefficient (Wildman–Crippen LogP) is 3.18. The molecular formula is C16H23NO2. The van der Waals surface area contributed by atoms with E-state index < -0.39 is 0 Å². The molecule has 104 valence electrons. The first kappa shape index (κ1) is 13.9. The van der Waals surface area contributed by atoms with E-state index in [0.717, 1.165) is 36.1 Å². The molecule has 0 fully saturated rings. The maximum absolute atomic E-state index is 12.3. The minimum atomic E-state index is 0.0284. The van der Waals surface area contributed by atoms with Crippen LogP contribution >= 0.6 is 0 Å². The summed E-state index contributed by atoms with van der Waals surface area (Å²) in [7, 11) is 1.62. The van der Waals surface area contributed by atoms with E-state index in [-0.39, 0.29) is 17.4 Å². The van der Waals surface area contributed by atoms with E-state index in [0.29, 0.717) is 0 Å². The Bertz CT molecular complexity index is 474. The van der Waals surface area contributed by atoms with Crippen molar-refractivity contribution in [2.75, 3.05) is 7.11 Å². The van der Waals surface area contributed by atoms with E-state index in [1.165, 1.54) is 0 Å². The Balaban J connectivity index is 2.20. The highest BCUT2D eigenvalue weighted by Crippen LogP contribution is 2.27. The fraction of sp³-hybridized carbons (Fsp3) is 0.562. The minimum absolute atomic E-state index is 0.0284. The average Bonchev–Trinajstić information content (AvgIpc) is 2.47. The number of nitrogens with one attached hydrogen (secondary N) is 1. The third kappa shape index (κ3) is 3.49. The molecule has 0 aromatic heterocycles. The van der Waals surface area contributed by atoms with Gasteiger partial charge in [0, 0.05) is 11.6 Å². The Kier molecular flexibility index (Phi) is 3.83. The van der Waals surface area contributed by atoms with Gasteiger partial charge in [-0.05, 0) is 42.4 Å². The molecular weight excluding hydrogens is 238 g/mol. The largest absolute Gasteiger partial charge is 0.497 e. The molecule has 1 atom stereocenters. The topological polar surface area (TPSA) is 38.3 Å². The Hall–Kier alpha value is -1.51. The molecule has 1 heterocycles. The lowest BCUT2D eigenvalue weighted by atomic mass is 9.86. The number of fused-ring (bicyclic) bond motifs is 1. The second kappa shape index (κ2) is 5.24. The molecule has 1 aromatic rings. The molecule has 0 spiro atoms. The van der Waals surface area contributed by atoms with Crippen molar-refractivity contribution in [2.24, 2.45) is 5.41 Å². The Morgan fingerprint density at radius 1 is 1.37 bits per heavy atom. The van der Waals surface area contributed by atoms with Gasteiger partial charge in [0.25, 0.3) is 5.91 Å². The number of methoxy groups -OCH3 is 1. The summed E-state index contributed by atoms with van der Waals surface area (Å²) in [4.78, 5) is 12.3. The summed E-state index contributed by atoms with van der Waals surface area (Å²) in [6, 6.07) is 6.03. The van der Waals surface area contributed by atoms with Gasteiger partial charge in [0.1, 0.15) is 5.75 Å². The van der Waals surface area contributed by atoms with E-state index in [2.05, 4.69) is 26.1 Å². The second-order valence-electron chi connectivity index (χ2n) is 6.50. The summed E-state index contributed by atoms with van der Waals surface area (Å²) in [5.74, 6) is 0.767. The number of benzene rings is 1. The number of carbonyl (C=O) groups excluding carboxylic acids is 1. The van der Waals surface area contributed by atoms with E-state index in [9.17, 15) is 4.79 Å². The van der Waals surface area contributed by atoms with E-state index in [1.807, 2.05) is 18.2 Å².